The quantitative estimate of drug-likeness (QED) is 0.186. The average Bonchev–Trinajstić information content (AvgIpc) is 3.60. The number of rotatable bonds is 6. The standard InChI is InChI=1S/C43H28N4O/c1-2-12-34(13-3-1)47(36-26-22-31(23-27-36)43-46-39-16-8-9-17-40(39)48-43)35-24-20-30(21-25-35)41-42(45-38-15-7-6-14-37(38)44-41)33-19-18-29-10-4-5-11-32(29)28-33/h1-28H. The van der Waals surface area contributed by atoms with Crippen molar-refractivity contribution in [3.8, 4) is 34.0 Å². The summed E-state index contributed by atoms with van der Waals surface area (Å²) in [6.45, 7) is 0. The van der Waals surface area contributed by atoms with E-state index in [0.29, 0.717) is 5.89 Å². The van der Waals surface area contributed by atoms with Crippen LogP contribution in [0, 0.1) is 0 Å². The third kappa shape index (κ3) is 5.04. The predicted molar refractivity (Wildman–Crippen MR) is 196 cm³/mol. The summed E-state index contributed by atoms with van der Waals surface area (Å²) >= 11 is 0. The van der Waals surface area contributed by atoms with E-state index in [1.54, 1.807) is 0 Å². The summed E-state index contributed by atoms with van der Waals surface area (Å²) < 4.78 is 6.03. The molecule has 9 rings (SSSR count). The van der Waals surface area contributed by atoms with Crippen molar-refractivity contribution >= 4 is 50.0 Å². The molecule has 0 saturated carbocycles. The van der Waals surface area contributed by atoms with Gasteiger partial charge in [-0.2, -0.15) is 0 Å². The van der Waals surface area contributed by atoms with Crippen LogP contribution in [0.15, 0.2) is 174 Å². The van der Waals surface area contributed by atoms with E-state index in [-0.39, 0.29) is 0 Å². The Morgan fingerprint density at radius 1 is 0.375 bits per heavy atom. The predicted octanol–water partition coefficient (Wildman–Crippen LogP) is 11.4. The maximum atomic E-state index is 6.03. The first-order chi connectivity index (χ1) is 23.8. The van der Waals surface area contributed by atoms with Crippen LogP contribution in [0.25, 0.3) is 66.9 Å². The van der Waals surface area contributed by atoms with E-state index < -0.39 is 0 Å². The normalized spacial score (nSPS) is 11.3. The summed E-state index contributed by atoms with van der Waals surface area (Å²) in [6.07, 6.45) is 0. The van der Waals surface area contributed by atoms with Crippen LogP contribution in [-0.2, 0) is 0 Å². The van der Waals surface area contributed by atoms with Crippen LogP contribution in [0.4, 0.5) is 17.1 Å². The second-order valence-corrected chi connectivity index (χ2v) is 11.7. The maximum Gasteiger partial charge on any atom is 0.227 e. The highest BCUT2D eigenvalue weighted by Gasteiger charge is 2.17. The molecule has 0 aliphatic heterocycles. The van der Waals surface area contributed by atoms with Gasteiger partial charge in [0.15, 0.2) is 5.58 Å². The molecule has 226 valence electrons. The first-order valence-corrected chi connectivity index (χ1v) is 15.9. The van der Waals surface area contributed by atoms with Crippen molar-refractivity contribution < 1.29 is 4.42 Å². The lowest BCUT2D eigenvalue weighted by Crippen LogP contribution is -2.09. The van der Waals surface area contributed by atoms with Gasteiger partial charge in [-0.1, -0.05) is 91.0 Å². The van der Waals surface area contributed by atoms with Gasteiger partial charge >= 0.3 is 0 Å². The topological polar surface area (TPSA) is 55.1 Å². The Morgan fingerprint density at radius 2 is 0.896 bits per heavy atom. The molecule has 0 fully saturated rings. The van der Waals surface area contributed by atoms with Gasteiger partial charge in [0.1, 0.15) is 5.52 Å². The molecule has 0 aliphatic rings. The molecule has 0 bridgehead atoms. The summed E-state index contributed by atoms with van der Waals surface area (Å²) in [4.78, 5) is 17.2. The van der Waals surface area contributed by atoms with Crippen LogP contribution in [0.5, 0.6) is 0 Å². The molecule has 0 N–H and O–H groups in total. The van der Waals surface area contributed by atoms with Crippen LogP contribution in [0.1, 0.15) is 0 Å². The van der Waals surface area contributed by atoms with Crippen molar-refractivity contribution in [3.05, 3.63) is 170 Å². The Kier molecular flexibility index (Phi) is 6.72. The SMILES string of the molecule is c1ccc(N(c2ccc(-c3nc4ccccc4o3)cc2)c2ccc(-c3nc4ccccc4nc3-c3ccc4ccccc4c3)cc2)cc1. The molecule has 0 unspecified atom stereocenters. The van der Waals surface area contributed by atoms with Gasteiger partial charge in [0.05, 0.1) is 22.4 Å². The van der Waals surface area contributed by atoms with Crippen LogP contribution >= 0.6 is 0 Å². The van der Waals surface area contributed by atoms with Crippen molar-refractivity contribution in [2.24, 2.45) is 0 Å². The Balaban J connectivity index is 1.12. The van der Waals surface area contributed by atoms with E-state index in [1.165, 1.54) is 10.8 Å². The molecule has 0 aliphatic carbocycles. The molecule has 0 saturated heterocycles. The van der Waals surface area contributed by atoms with E-state index >= 15 is 0 Å². The second-order valence-electron chi connectivity index (χ2n) is 11.7. The number of hydrogen-bond acceptors (Lipinski definition) is 5. The van der Waals surface area contributed by atoms with Crippen LogP contribution in [0.3, 0.4) is 0 Å². The van der Waals surface area contributed by atoms with Gasteiger partial charge in [-0.25, -0.2) is 15.0 Å². The van der Waals surface area contributed by atoms with Gasteiger partial charge in [0.25, 0.3) is 0 Å². The lowest BCUT2D eigenvalue weighted by Gasteiger charge is -2.25. The van der Waals surface area contributed by atoms with Gasteiger partial charge < -0.3 is 9.32 Å². The van der Waals surface area contributed by atoms with Crippen LogP contribution in [0.2, 0.25) is 0 Å². The zero-order valence-electron chi connectivity index (χ0n) is 25.9. The van der Waals surface area contributed by atoms with Gasteiger partial charge in [0.2, 0.25) is 5.89 Å². The Morgan fingerprint density at radius 3 is 1.58 bits per heavy atom. The summed E-state index contributed by atoms with van der Waals surface area (Å²) in [5.74, 6) is 0.608. The van der Waals surface area contributed by atoms with Crippen molar-refractivity contribution in [1.82, 2.24) is 15.0 Å². The number of anilines is 3. The minimum absolute atomic E-state index is 0.608. The molecule has 5 nitrogen and oxygen atoms in total. The van der Waals surface area contributed by atoms with Crippen molar-refractivity contribution in [2.45, 2.75) is 0 Å². The largest absolute Gasteiger partial charge is 0.436 e. The molecular formula is C43H28N4O. The lowest BCUT2D eigenvalue weighted by atomic mass is 10.00. The van der Waals surface area contributed by atoms with E-state index in [1.807, 2.05) is 54.6 Å². The van der Waals surface area contributed by atoms with E-state index in [2.05, 4.69) is 125 Å². The fourth-order valence-electron chi connectivity index (χ4n) is 6.28. The molecular weight excluding hydrogens is 589 g/mol. The average molecular weight is 617 g/mol. The lowest BCUT2D eigenvalue weighted by molar-refractivity contribution is 0.620. The first kappa shape index (κ1) is 27.7. The molecule has 2 heterocycles. The molecule has 2 aromatic heterocycles. The second kappa shape index (κ2) is 11.6. The zero-order chi connectivity index (χ0) is 31.9. The van der Waals surface area contributed by atoms with Crippen LogP contribution < -0.4 is 4.90 Å². The first-order valence-electron chi connectivity index (χ1n) is 15.9. The fraction of sp³-hybridized carbons (Fsp3) is 0. The number of fused-ring (bicyclic) bond motifs is 3. The number of nitrogens with zero attached hydrogens (tertiary/aromatic N) is 4. The van der Waals surface area contributed by atoms with Gasteiger partial charge in [0, 0.05) is 33.8 Å². The summed E-state index contributed by atoms with van der Waals surface area (Å²) in [6, 6.07) is 58.1. The molecule has 0 spiro atoms. The Hall–Kier alpha value is -6.59. The van der Waals surface area contributed by atoms with E-state index in [4.69, 9.17) is 14.4 Å². The summed E-state index contributed by atoms with van der Waals surface area (Å²) in [7, 11) is 0. The van der Waals surface area contributed by atoms with Crippen molar-refractivity contribution in [3.63, 3.8) is 0 Å². The van der Waals surface area contributed by atoms with E-state index in [9.17, 15) is 0 Å². The highest BCUT2D eigenvalue weighted by atomic mass is 16.3. The monoisotopic (exact) mass is 616 g/mol. The van der Waals surface area contributed by atoms with Gasteiger partial charge in [-0.05, 0) is 89.6 Å². The minimum atomic E-state index is 0.608. The third-order valence-corrected chi connectivity index (χ3v) is 8.67. The molecule has 9 aromatic rings. The Labute approximate surface area is 277 Å². The molecule has 0 radical (unpaired) electrons. The number of oxazole rings is 1. The maximum absolute atomic E-state index is 6.03. The van der Waals surface area contributed by atoms with Crippen molar-refractivity contribution in [2.75, 3.05) is 4.90 Å². The molecule has 7 aromatic carbocycles. The molecule has 48 heavy (non-hydrogen) atoms. The molecule has 0 amide bonds. The summed E-state index contributed by atoms with van der Waals surface area (Å²) in [5.41, 5.74) is 11.2. The smallest absolute Gasteiger partial charge is 0.227 e. The number of benzene rings is 7. The minimum Gasteiger partial charge on any atom is -0.436 e. The Bertz CT molecular complexity index is 2520. The highest BCUT2D eigenvalue weighted by molar-refractivity contribution is 5.92. The van der Waals surface area contributed by atoms with E-state index in [0.717, 1.165) is 67.3 Å². The van der Waals surface area contributed by atoms with Crippen molar-refractivity contribution in [1.29, 1.82) is 0 Å². The number of aromatic nitrogens is 3. The van der Waals surface area contributed by atoms with Crippen LogP contribution in [-0.4, -0.2) is 15.0 Å². The van der Waals surface area contributed by atoms with Gasteiger partial charge in [-0.3, -0.25) is 0 Å². The fourth-order valence-corrected chi connectivity index (χ4v) is 6.28. The summed E-state index contributed by atoms with van der Waals surface area (Å²) in [5, 5.41) is 2.37. The number of hydrogen-bond donors (Lipinski definition) is 0. The number of para-hydroxylation sites is 5. The highest BCUT2D eigenvalue weighted by Crippen LogP contribution is 2.38. The third-order valence-electron chi connectivity index (χ3n) is 8.67. The zero-order valence-corrected chi connectivity index (χ0v) is 25.9. The molecule has 5 heteroatoms. The van der Waals surface area contributed by atoms with Gasteiger partial charge in [-0.15, -0.1) is 0 Å². The molecule has 0 atom stereocenters.